The van der Waals surface area contributed by atoms with Crippen LogP contribution in [0.1, 0.15) is 32.1 Å². The normalized spacial score (nSPS) is 24.2. The molecule has 2 aliphatic rings. The molecular formula is C20H29FN2O3. The molecule has 0 bridgehead atoms. The van der Waals surface area contributed by atoms with Gasteiger partial charge in [0.1, 0.15) is 18.2 Å². The van der Waals surface area contributed by atoms with Gasteiger partial charge in [-0.15, -0.1) is 0 Å². The Labute approximate surface area is 154 Å². The summed E-state index contributed by atoms with van der Waals surface area (Å²) in [4.78, 5) is 16.5. The van der Waals surface area contributed by atoms with Crippen molar-refractivity contribution in [2.45, 2.75) is 32.1 Å². The zero-order chi connectivity index (χ0) is 18.4. The van der Waals surface area contributed by atoms with Crippen LogP contribution in [0.2, 0.25) is 0 Å². The van der Waals surface area contributed by atoms with Gasteiger partial charge in [-0.25, -0.2) is 4.39 Å². The van der Waals surface area contributed by atoms with Crippen LogP contribution in [0, 0.1) is 11.2 Å². The van der Waals surface area contributed by atoms with E-state index in [0.717, 1.165) is 45.4 Å². The Balaban J connectivity index is 1.50. The molecule has 1 spiro atoms. The minimum absolute atomic E-state index is 0.129. The lowest BCUT2D eigenvalue weighted by Gasteiger charge is -2.48. The highest BCUT2D eigenvalue weighted by molar-refractivity contribution is 5.77. The van der Waals surface area contributed by atoms with Crippen molar-refractivity contribution in [2.75, 3.05) is 45.9 Å². The third-order valence-corrected chi connectivity index (χ3v) is 5.56. The maximum absolute atomic E-state index is 12.9. The van der Waals surface area contributed by atoms with Crippen molar-refractivity contribution in [1.82, 2.24) is 9.80 Å². The van der Waals surface area contributed by atoms with Gasteiger partial charge in [-0.2, -0.15) is 0 Å². The molecule has 2 fully saturated rings. The first-order chi connectivity index (χ1) is 12.6. The number of likely N-dealkylation sites (tertiary alicyclic amines) is 2. The highest BCUT2D eigenvalue weighted by Crippen LogP contribution is 2.38. The smallest absolute Gasteiger partial charge is 0.222 e. The number of rotatable bonds is 7. The Hall–Kier alpha value is -1.66. The average Bonchev–Trinajstić information content (AvgIpc) is 2.65. The van der Waals surface area contributed by atoms with Gasteiger partial charge in [0.2, 0.25) is 5.91 Å². The Morgan fingerprint density at radius 1 is 1.15 bits per heavy atom. The molecule has 1 amide bonds. The first kappa shape index (κ1) is 19.1. The fourth-order valence-electron chi connectivity index (χ4n) is 4.23. The molecule has 1 aromatic carbocycles. The molecule has 2 aliphatic heterocycles. The molecule has 0 unspecified atom stereocenters. The van der Waals surface area contributed by atoms with Crippen LogP contribution in [0.25, 0.3) is 0 Å². The molecule has 2 heterocycles. The summed E-state index contributed by atoms with van der Waals surface area (Å²) in [6, 6.07) is 6.12. The number of carbonyl (C=O) groups is 1. The second kappa shape index (κ2) is 8.82. The maximum Gasteiger partial charge on any atom is 0.222 e. The number of ether oxygens (including phenoxy) is 1. The van der Waals surface area contributed by atoms with Crippen LogP contribution in [-0.4, -0.2) is 66.8 Å². The molecule has 1 aromatic rings. The van der Waals surface area contributed by atoms with E-state index in [4.69, 9.17) is 9.84 Å². The largest absolute Gasteiger partial charge is 0.492 e. The Morgan fingerprint density at radius 3 is 2.73 bits per heavy atom. The Bertz CT molecular complexity index is 595. The van der Waals surface area contributed by atoms with Gasteiger partial charge < -0.3 is 14.7 Å². The summed E-state index contributed by atoms with van der Waals surface area (Å²) in [5.41, 5.74) is 0.178. The fraction of sp³-hybridized carbons (Fsp3) is 0.650. The van der Waals surface area contributed by atoms with Crippen LogP contribution in [0.5, 0.6) is 5.75 Å². The monoisotopic (exact) mass is 364 g/mol. The second-order valence-corrected chi connectivity index (χ2v) is 7.57. The first-order valence-corrected chi connectivity index (χ1v) is 9.60. The van der Waals surface area contributed by atoms with Gasteiger partial charge in [-0.05, 0) is 56.5 Å². The number of benzene rings is 1. The summed E-state index contributed by atoms with van der Waals surface area (Å²) >= 11 is 0. The van der Waals surface area contributed by atoms with Crippen molar-refractivity contribution in [1.29, 1.82) is 0 Å². The van der Waals surface area contributed by atoms with Gasteiger partial charge >= 0.3 is 0 Å². The van der Waals surface area contributed by atoms with Gasteiger partial charge in [-0.1, -0.05) is 0 Å². The van der Waals surface area contributed by atoms with Crippen molar-refractivity contribution < 1.29 is 19.0 Å². The minimum Gasteiger partial charge on any atom is -0.492 e. The minimum atomic E-state index is -0.257. The molecule has 144 valence electrons. The molecule has 0 saturated carbocycles. The predicted molar refractivity (Wildman–Crippen MR) is 97.5 cm³/mol. The van der Waals surface area contributed by atoms with E-state index in [-0.39, 0.29) is 23.7 Å². The number of amides is 1. The van der Waals surface area contributed by atoms with Crippen molar-refractivity contribution in [3.8, 4) is 5.75 Å². The molecule has 5 nitrogen and oxygen atoms in total. The quantitative estimate of drug-likeness (QED) is 0.807. The SMILES string of the molecule is O=C1CC[C@]2(CCCN(CCOc3ccc(F)cc3)C2)CN1CCCO. The Morgan fingerprint density at radius 2 is 1.96 bits per heavy atom. The maximum atomic E-state index is 12.9. The number of hydrogen-bond donors (Lipinski definition) is 1. The summed E-state index contributed by atoms with van der Waals surface area (Å²) in [7, 11) is 0. The van der Waals surface area contributed by atoms with Crippen LogP contribution in [0.3, 0.4) is 0 Å². The van der Waals surface area contributed by atoms with Crippen molar-refractivity contribution in [3.63, 3.8) is 0 Å². The summed E-state index contributed by atoms with van der Waals surface area (Å²) in [5.74, 6) is 0.658. The molecule has 0 radical (unpaired) electrons. The van der Waals surface area contributed by atoms with E-state index < -0.39 is 0 Å². The van der Waals surface area contributed by atoms with Crippen LogP contribution in [0.4, 0.5) is 4.39 Å². The summed E-state index contributed by atoms with van der Waals surface area (Å²) in [6.45, 7) is 5.05. The number of aliphatic hydroxyl groups is 1. The third-order valence-electron chi connectivity index (χ3n) is 5.56. The summed E-state index contributed by atoms with van der Waals surface area (Å²) in [5, 5.41) is 9.05. The first-order valence-electron chi connectivity index (χ1n) is 9.60. The predicted octanol–water partition coefficient (Wildman–Crippen LogP) is 2.29. The molecular weight excluding hydrogens is 335 g/mol. The van der Waals surface area contributed by atoms with Gasteiger partial charge in [0.05, 0.1) is 0 Å². The zero-order valence-corrected chi connectivity index (χ0v) is 15.3. The van der Waals surface area contributed by atoms with Crippen LogP contribution in [0.15, 0.2) is 24.3 Å². The molecule has 0 aromatic heterocycles. The lowest BCUT2D eigenvalue weighted by molar-refractivity contribution is -0.139. The highest BCUT2D eigenvalue weighted by atomic mass is 19.1. The third kappa shape index (κ3) is 4.95. The molecule has 0 aliphatic carbocycles. The molecule has 3 rings (SSSR count). The molecule has 26 heavy (non-hydrogen) atoms. The number of hydrogen-bond acceptors (Lipinski definition) is 4. The van der Waals surface area contributed by atoms with Gasteiger partial charge in [0, 0.05) is 44.6 Å². The van der Waals surface area contributed by atoms with Gasteiger partial charge in [-0.3, -0.25) is 9.69 Å². The molecule has 2 saturated heterocycles. The van der Waals surface area contributed by atoms with Crippen LogP contribution >= 0.6 is 0 Å². The van der Waals surface area contributed by atoms with Gasteiger partial charge in [0.15, 0.2) is 0 Å². The number of nitrogens with zero attached hydrogens (tertiary/aromatic N) is 2. The molecule has 1 atom stereocenters. The molecule has 6 heteroatoms. The Kier molecular flexibility index (Phi) is 6.48. The second-order valence-electron chi connectivity index (χ2n) is 7.57. The van der Waals surface area contributed by atoms with Crippen molar-refractivity contribution in [3.05, 3.63) is 30.1 Å². The number of halogens is 1. The highest BCUT2D eigenvalue weighted by Gasteiger charge is 2.41. The fourth-order valence-corrected chi connectivity index (χ4v) is 4.23. The van der Waals surface area contributed by atoms with E-state index in [1.165, 1.54) is 12.1 Å². The van der Waals surface area contributed by atoms with Crippen molar-refractivity contribution >= 4 is 5.91 Å². The lowest BCUT2D eigenvalue weighted by atomic mass is 9.73. The van der Waals surface area contributed by atoms with Crippen LogP contribution in [-0.2, 0) is 4.79 Å². The number of aliphatic hydroxyl groups excluding tert-OH is 1. The summed E-state index contributed by atoms with van der Waals surface area (Å²) in [6.07, 6.45) is 4.52. The van der Waals surface area contributed by atoms with E-state index in [1.54, 1.807) is 12.1 Å². The van der Waals surface area contributed by atoms with E-state index in [1.807, 2.05) is 4.90 Å². The van der Waals surface area contributed by atoms with Gasteiger partial charge in [0.25, 0.3) is 0 Å². The standard InChI is InChI=1S/C20H29FN2O3/c21-17-3-5-18(6-4-17)26-14-12-22-10-1-8-20(15-22)9-7-19(25)23(16-20)11-2-13-24/h3-6,24H,1-2,7-16H2/t20-/m0/s1. The van der Waals surface area contributed by atoms with Crippen molar-refractivity contribution in [2.24, 2.45) is 5.41 Å². The zero-order valence-electron chi connectivity index (χ0n) is 15.3. The van der Waals surface area contributed by atoms with Crippen LogP contribution < -0.4 is 4.74 Å². The molecule has 1 N–H and O–H groups in total. The van der Waals surface area contributed by atoms with E-state index >= 15 is 0 Å². The van der Waals surface area contributed by atoms with E-state index in [2.05, 4.69) is 4.90 Å². The summed E-state index contributed by atoms with van der Waals surface area (Å²) < 4.78 is 18.7. The van der Waals surface area contributed by atoms with E-state index in [0.29, 0.717) is 31.7 Å². The average molecular weight is 364 g/mol. The topological polar surface area (TPSA) is 53.0 Å². The number of piperidine rings is 2. The van der Waals surface area contributed by atoms with E-state index in [9.17, 15) is 9.18 Å². The number of carbonyl (C=O) groups excluding carboxylic acids is 1. The lowest BCUT2D eigenvalue weighted by Crippen LogP contribution is -2.54.